The van der Waals surface area contributed by atoms with Gasteiger partial charge in [0.15, 0.2) is 0 Å². The van der Waals surface area contributed by atoms with Crippen molar-refractivity contribution < 1.29 is 9.47 Å². The molecule has 0 aromatic heterocycles. The lowest BCUT2D eigenvalue weighted by Gasteiger charge is -2.30. The molecule has 0 heterocycles. The predicted octanol–water partition coefficient (Wildman–Crippen LogP) is 4.14. The molecule has 106 valence electrons. The van der Waals surface area contributed by atoms with Crippen molar-refractivity contribution in [2.24, 2.45) is 0 Å². The van der Waals surface area contributed by atoms with Gasteiger partial charge in [-0.3, -0.25) is 0 Å². The minimum Gasteiger partial charge on any atom is -0.495 e. The normalized spacial score (nSPS) is 23.2. The molecular formula is C15H22BrNO2. The van der Waals surface area contributed by atoms with Crippen LogP contribution < -0.4 is 10.1 Å². The van der Waals surface area contributed by atoms with Gasteiger partial charge in [-0.05, 0) is 50.3 Å². The monoisotopic (exact) mass is 327 g/mol. The summed E-state index contributed by atoms with van der Waals surface area (Å²) < 4.78 is 12.0. The zero-order valence-electron chi connectivity index (χ0n) is 11.8. The number of nitrogens with one attached hydrogen (secondary N) is 1. The Morgan fingerprint density at radius 1 is 1.26 bits per heavy atom. The van der Waals surface area contributed by atoms with E-state index in [-0.39, 0.29) is 0 Å². The van der Waals surface area contributed by atoms with Crippen molar-refractivity contribution in [2.75, 3.05) is 19.5 Å². The summed E-state index contributed by atoms with van der Waals surface area (Å²) in [6.45, 7) is 2.10. The fourth-order valence-corrected chi connectivity index (χ4v) is 3.30. The van der Waals surface area contributed by atoms with Crippen LogP contribution in [-0.4, -0.2) is 26.4 Å². The highest BCUT2D eigenvalue weighted by Gasteiger charge is 2.23. The number of methoxy groups -OCH3 is 2. The molecule has 2 unspecified atom stereocenters. The smallest absolute Gasteiger partial charge is 0.143 e. The number of anilines is 1. The second-order valence-electron chi connectivity index (χ2n) is 5.17. The summed E-state index contributed by atoms with van der Waals surface area (Å²) in [6, 6.07) is 4.58. The number of hydrogen-bond donors (Lipinski definition) is 1. The van der Waals surface area contributed by atoms with Crippen LogP contribution in [0.4, 0.5) is 5.69 Å². The molecule has 1 aliphatic carbocycles. The van der Waals surface area contributed by atoms with Crippen LogP contribution >= 0.6 is 15.9 Å². The first kappa shape index (κ1) is 14.7. The quantitative estimate of drug-likeness (QED) is 0.901. The minimum atomic E-state index is 0.382. The first-order valence-corrected chi connectivity index (χ1v) is 7.56. The molecule has 19 heavy (non-hydrogen) atoms. The van der Waals surface area contributed by atoms with E-state index < -0.39 is 0 Å². The van der Waals surface area contributed by atoms with Crippen LogP contribution in [0.15, 0.2) is 16.6 Å². The van der Waals surface area contributed by atoms with E-state index in [0.717, 1.165) is 22.3 Å². The fourth-order valence-electron chi connectivity index (χ4n) is 2.75. The minimum absolute atomic E-state index is 0.382. The molecule has 1 saturated carbocycles. The van der Waals surface area contributed by atoms with Gasteiger partial charge in [0, 0.05) is 17.6 Å². The van der Waals surface area contributed by atoms with E-state index in [2.05, 4.69) is 34.2 Å². The molecule has 0 aliphatic heterocycles. The zero-order valence-corrected chi connectivity index (χ0v) is 13.4. The van der Waals surface area contributed by atoms with Gasteiger partial charge < -0.3 is 14.8 Å². The topological polar surface area (TPSA) is 30.5 Å². The van der Waals surface area contributed by atoms with Crippen LogP contribution in [0.5, 0.6) is 5.75 Å². The summed E-state index contributed by atoms with van der Waals surface area (Å²) in [5.74, 6) is 0.895. The molecule has 0 radical (unpaired) electrons. The summed E-state index contributed by atoms with van der Waals surface area (Å²) in [6.07, 6.45) is 5.03. The Kier molecular flexibility index (Phi) is 5.11. The molecule has 0 saturated heterocycles. The van der Waals surface area contributed by atoms with E-state index in [1.807, 2.05) is 6.07 Å². The lowest BCUT2D eigenvalue weighted by molar-refractivity contribution is 0.0669. The van der Waals surface area contributed by atoms with Crippen molar-refractivity contribution >= 4 is 21.6 Å². The van der Waals surface area contributed by atoms with Gasteiger partial charge >= 0.3 is 0 Å². The van der Waals surface area contributed by atoms with Crippen LogP contribution in [-0.2, 0) is 4.74 Å². The third kappa shape index (κ3) is 3.63. The summed E-state index contributed by atoms with van der Waals surface area (Å²) in [5.41, 5.74) is 2.30. The summed E-state index contributed by atoms with van der Waals surface area (Å²) in [4.78, 5) is 0. The average Bonchev–Trinajstić information content (AvgIpc) is 2.41. The number of aryl methyl sites for hydroxylation is 1. The van der Waals surface area contributed by atoms with Crippen LogP contribution in [0.3, 0.4) is 0 Å². The Bertz CT molecular complexity index is 436. The van der Waals surface area contributed by atoms with E-state index in [1.165, 1.54) is 24.8 Å². The molecule has 3 nitrogen and oxygen atoms in total. The second kappa shape index (κ2) is 6.62. The van der Waals surface area contributed by atoms with Gasteiger partial charge in [-0.2, -0.15) is 0 Å². The Balaban J connectivity index is 2.14. The van der Waals surface area contributed by atoms with E-state index >= 15 is 0 Å². The molecular weight excluding hydrogens is 306 g/mol. The number of hydrogen-bond acceptors (Lipinski definition) is 3. The van der Waals surface area contributed by atoms with Crippen LogP contribution in [0, 0.1) is 6.92 Å². The second-order valence-corrected chi connectivity index (χ2v) is 6.08. The van der Waals surface area contributed by atoms with Crippen molar-refractivity contribution in [1.82, 2.24) is 0 Å². The van der Waals surface area contributed by atoms with E-state index in [9.17, 15) is 0 Å². The largest absolute Gasteiger partial charge is 0.495 e. The van der Waals surface area contributed by atoms with Crippen molar-refractivity contribution in [2.45, 2.75) is 44.8 Å². The molecule has 1 aliphatic rings. The molecule has 2 rings (SSSR count). The maximum atomic E-state index is 5.49. The maximum absolute atomic E-state index is 5.49. The molecule has 1 fully saturated rings. The van der Waals surface area contributed by atoms with Gasteiger partial charge in [-0.15, -0.1) is 0 Å². The molecule has 1 aromatic carbocycles. The first-order chi connectivity index (χ1) is 9.13. The van der Waals surface area contributed by atoms with Gasteiger partial charge in [-0.1, -0.05) is 15.9 Å². The summed E-state index contributed by atoms with van der Waals surface area (Å²) in [7, 11) is 3.52. The van der Waals surface area contributed by atoms with E-state index in [0.29, 0.717) is 12.1 Å². The maximum Gasteiger partial charge on any atom is 0.143 e. The third-order valence-electron chi connectivity index (χ3n) is 3.79. The zero-order chi connectivity index (χ0) is 13.8. The highest BCUT2D eigenvalue weighted by atomic mass is 79.9. The molecule has 4 heteroatoms. The van der Waals surface area contributed by atoms with Gasteiger partial charge in [0.05, 0.1) is 18.9 Å². The number of benzene rings is 1. The lowest BCUT2D eigenvalue weighted by atomic mass is 9.92. The fraction of sp³-hybridized carbons (Fsp3) is 0.600. The molecule has 0 spiro atoms. The highest BCUT2D eigenvalue weighted by molar-refractivity contribution is 9.10. The summed E-state index contributed by atoms with van der Waals surface area (Å²) >= 11 is 3.51. The van der Waals surface area contributed by atoms with E-state index in [1.54, 1.807) is 14.2 Å². The predicted molar refractivity (Wildman–Crippen MR) is 82.1 cm³/mol. The molecule has 1 N–H and O–H groups in total. The molecule has 0 bridgehead atoms. The summed E-state index contributed by atoms with van der Waals surface area (Å²) in [5, 5.41) is 3.63. The number of rotatable bonds is 4. The van der Waals surface area contributed by atoms with Crippen LogP contribution in [0.25, 0.3) is 0 Å². The SMILES string of the molecule is COc1cc(Br)cc(C)c1NC1CCCC(OC)C1. The van der Waals surface area contributed by atoms with Crippen molar-refractivity contribution in [3.05, 3.63) is 22.2 Å². The van der Waals surface area contributed by atoms with Gasteiger partial charge in [0.1, 0.15) is 5.75 Å². The van der Waals surface area contributed by atoms with Crippen molar-refractivity contribution in [1.29, 1.82) is 0 Å². The van der Waals surface area contributed by atoms with Crippen molar-refractivity contribution in [3.63, 3.8) is 0 Å². The molecule has 0 amide bonds. The Morgan fingerprint density at radius 3 is 2.74 bits per heavy atom. The Morgan fingerprint density at radius 2 is 2.05 bits per heavy atom. The van der Waals surface area contributed by atoms with Gasteiger partial charge in [-0.25, -0.2) is 0 Å². The number of halogens is 1. The first-order valence-electron chi connectivity index (χ1n) is 6.77. The van der Waals surface area contributed by atoms with Gasteiger partial charge in [0.2, 0.25) is 0 Å². The molecule has 2 atom stereocenters. The number of ether oxygens (including phenoxy) is 2. The average molecular weight is 328 g/mol. The van der Waals surface area contributed by atoms with Crippen molar-refractivity contribution in [3.8, 4) is 5.75 Å². The van der Waals surface area contributed by atoms with Crippen LogP contribution in [0.1, 0.15) is 31.2 Å². The van der Waals surface area contributed by atoms with Gasteiger partial charge in [0.25, 0.3) is 0 Å². The van der Waals surface area contributed by atoms with E-state index in [4.69, 9.17) is 9.47 Å². The third-order valence-corrected chi connectivity index (χ3v) is 4.25. The lowest BCUT2D eigenvalue weighted by Crippen LogP contribution is -2.31. The molecule has 1 aromatic rings. The Hall–Kier alpha value is -0.740. The highest BCUT2D eigenvalue weighted by Crippen LogP contribution is 2.34. The van der Waals surface area contributed by atoms with Crippen LogP contribution in [0.2, 0.25) is 0 Å². The Labute approximate surface area is 123 Å². The standard InChI is InChI=1S/C15H22BrNO2/c1-10-7-11(16)8-14(19-3)15(10)17-12-5-4-6-13(9-12)18-2/h7-8,12-13,17H,4-6,9H2,1-3H3.